The molecule has 0 radical (unpaired) electrons. The molecule has 0 fully saturated rings. The van der Waals surface area contributed by atoms with Crippen LogP contribution in [0.4, 0.5) is 11.4 Å². The van der Waals surface area contributed by atoms with E-state index in [4.69, 9.17) is 16.7 Å². The molecule has 2 aromatic rings. The van der Waals surface area contributed by atoms with E-state index >= 15 is 0 Å². The molecule has 0 amide bonds. The standard InChI is InChI=1S/C17H16ClNO2/c1-2-19(14-8-4-3-5-9-14)17-13(11-12-16(20)21)7-6-10-15(17)18/h3-12H,2H2,1H3,(H,20,21)/b12-11+. The number of para-hydroxylation sites is 2. The lowest BCUT2D eigenvalue weighted by Crippen LogP contribution is -2.17. The third kappa shape index (κ3) is 3.64. The monoisotopic (exact) mass is 301 g/mol. The van der Waals surface area contributed by atoms with Crippen LogP contribution in [-0.4, -0.2) is 17.6 Å². The maximum Gasteiger partial charge on any atom is 0.328 e. The summed E-state index contributed by atoms with van der Waals surface area (Å²) < 4.78 is 0. The molecule has 0 atom stereocenters. The van der Waals surface area contributed by atoms with E-state index in [0.717, 1.165) is 29.6 Å². The van der Waals surface area contributed by atoms with Gasteiger partial charge in [0.2, 0.25) is 0 Å². The number of carboxylic acid groups (broad SMARTS) is 1. The molecule has 3 nitrogen and oxygen atoms in total. The predicted molar refractivity (Wildman–Crippen MR) is 87.2 cm³/mol. The number of halogens is 1. The number of aliphatic carboxylic acids is 1. The molecule has 2 aromatic carbocycles. The van der Waals surface area contributed by atoms with Crippen LogP contribution in [0.25, 0.3) is 6.08 Å². The molecular formula is C17H16ClNO2. The van der Waals surface area contributed by atoms with Crippen LogP contribution < -0.4 is 4.90 Å². The normalized spacial score (nSPS) is 10.8. The molecule has 0 spiro atoms. The van der Waals surface area contributed by atoms with E-state index in [2.05, 4.69) is 4.90 Å². The Kier molecular flexibility index (Phi) is 5.01. The first-order valence-corrected chi connectivity index (χ1v) is 7.03. The molecular weight excluding hydrogens is 286 g/mol. The van der Waals surface area contributed by atoms with Crippen LogP contribution in [0.1, 0.15) is 12.5 Å². The van der Waals surface area contributed by atoms with Gasteiger partial charge >= 0.3 is 5.97 Å². The Morgan fingerprint density at radius 1 is 1.19 bits per heavy atom. The van der Waals surface area contributed by atoms with E-state index in [9.17, 15) is 4.79 Å². The van der Waals surface area contributed by atoms with Crippen molar-refractivity contribution in [2.75, 3.05) is 11.4 Å². The second kappa shape index (κ2) is 6.95. The van der Waals surface area contributed by atoms with Crippen LogP contribution in [0.2, 0.25) is 5.02 Å². The fourth-order valence-corrected chi connectivity index (χ4v) is 2.47. The first-order valence-electron chi connectivity index (χ1n) is 6.65. The Morgan fingerprint density at radius 3 is 2.52 bits per heavy atom. The third-order valence-electron chi connectivity index (χ3n) is 3.08. The Bertz CT molecular complexity index is 653. The minimum atomic E-state index is -0.983. The highest BCUT2D eigenvalue weighted by Crippen LogP contribution is 2.35. The number of hydrogen-bond donors (Lipinski definition) is 1. The fourth-order valence-electron chi connectivity index (χ4n) is 2.19. The molecule has 0 aliphatic heterocycles. The van der Waals surface area contributed by atoms with Gasteiger partial charge in [0.05, 0.1) is 10.7 Å². The van der Waals surface area contributed by atoms with Gasteiger partial charge in [-0.2, -0.15) is 0 Å². The largest absolute Gasteiger partial charge is 0.478 e. The molecule has 108 valence electrons. The van der Waals surface area contributed by atoms with Gasteiger partial charge < -0.3 is 10.0 Å². The van der Waals surface area contributed by atoms with E-state index in [1.54, 1.807) is 12.1 Å². The molecule has 0 saturated carbocycles. The number of anilines is 2. The first-order chi connectivity index (χ1) is 10.1. The van der Waals surface area contributed by atoms with E-state index < -0.39 is 5.97 Å². The topological polar surface area (TPSA) is 40.5 Å². The van der Waals surface area contributed by atoms with Crippen LogP contribution in [0.5, 0.6) is 0 Å². The van der Waals surface area contributed by atoms with Crippen LogP contribution >= 0.6 is 11.6 Å². The minimum absolute atomic E-state index is 0.591. The summed E-state index contributed by atoms with van der Waals surface area (Å²) >= 11 is 6.35. The van der Waals surface area contributed by atoms with Crippen molar-refractivity contribution in [3.63, 3.8) is 0 Å². The van der Waals surface area contributed by atoms with Gasteiger partial charge in [0.15, 0.2) is 0 Å². The molecule has 4 heteroatoms. The average molecular weight is 302 g/mol. The SMILES string of the molecule is CCN(c1ccccc1)c1c(Cl)cccc1/C=C/C(=O)O. The quantitative estimate of drug-likeness (QED) is 0.821. The summed E-state index contributed by atoms with van der Waals surface area (Å²) in [4.78, 5) is 12.8. The van der Waals surface area contributed by atoms with E-state index in [-0.39, 0.29) is 0 Å². The van der Waals surface area contributed by atoms with Gasteiger partial charge in [-0.15, -0.1) is 0 Å². The second-order valence-corrected chi connectivity index (χ2v) is 4.84. The van der Waals surface area contributed by atoms with Gasteiger partial charge in [-0.3, -0.25) is 0 Å². The summed E-state index contributed by atoms with van der Waals surface area (Å²) in [6.45, 7) is 2.75. The van der Waals surface area contributed by atoms with Crippen molar-refractivity contribution in [1.29, 1.82) is 0 Å². The van der Waals surface area contributed by atoms with E-state index in [0.29, 0.717) is 5.02 Å². The van der Waals surface area contributed by atoms with Crippen LogP contribution in [0.3, 0.4) is 0 Å². The van der Waals surface area contributed by atoms with Crippen LogP contribution in [0.15, 0.2) is 54.6 Å². The zero-order chi connectivity index (χ0) is 15.2. The number of nitrogens with zero attached hydrogens (tertiary/aromatic N) is 1. The van der Waals surface area contributed by atoms with Gasteiger partial charge in [0.25, 0.3) is 0 Å². The Labute approximate surface area is 129 Å². The van der Waals surface area contributed by atoms with Gasteiger partial charge in [0, 0.05) is 18.3 Å². The molecule has 1 N–H and O–H groups in total. The van der Waals surface area contributed by atoms with Crippen molar-refractivity contribution >= 4 is 35.0 Å². The molecule has 0 heterocycles. The first kappa shape index (κ1) is 15.1. The lowest BCUT2D eigenvalue weighted by molar-refractivity contribution is -0.131. The highest BCUT2D eigenvalue weighted by Gasteiger charge is 2.14. The number of rotatable bonds is 5. The Morgan fingerprint density at radius 2 is 1.90 bits per heavy atom. The highest BCUT2D eigenvalue weighted by molar-refractivity contribution is 6.33. The lowest BCUT2D eigenvalue weighted by atomic mass is 10.1. The molecule has 0 aliphatic rings. The number of benzene rings is 2. The molecule has 0 saturated heterocycles. The molecule has 0 aromatic heterocycles. The molecule has 0 unspecified atom stereocenters. The van der Waals surface area contributed by atoms with Crippen molar-refractivity contribution in [3.8, 4) is 0 Å². The minimum Gasteiger partial charge on any atom is -0.478 e. The van der Waals surface area contributed by atoms with Gasteiger partial charge in [0.1, 0.15) is 0 Å². The maximum atomic E-state index is 10.7. The zero-order valence-corrected chi connectivity index (χ0v) is 12.4. The Hall–Kier alpha value is -2.26. The number of carboxylic acids is 1. The Balaban J connectivity index is 2.53. The molecule has 0 aliphatic carbocycles. The van der Waals surface area contributed by atoms with Crippen LogP contribution in [0, 0.1) is 0 Å². The van der Waals surface area contributed by atoms with E-state index in [1.165, 1.54) is 0 Å². The van der Waals surface area contributed by atoms with Gasteiger partial charge in [-0.05, 0) is 36.8 Å². The summed E-state index contributed by atoms with van der Waals surface area (Å²) in [7, 11) is 0. The molecule has 0 bridgehead atoms. The van der Waals surface area contributed by atoms with Crippen molar-refractivity contribution in [2.24, 2.45) is 0 Å². The summed E-state index contributed by atoms with van der Waals surface area (Å²) in [5.41, 5.74) is 2.60. The number of hydrogen-bond acceptors (Lipinski definition) is 2. The van der Waals surface area contributed by atoms with Crippen molar-refractivity contribution < 1.29 is 9.90 Å². The summed E-state index contributed by atoms with van der Waals surface area (Å²) in [6.07, 6.45) is 2.68. The lowest BCUT2D eigenvalue weighted by Gasteiger charge is -2.26. The zero-order valence-electron chi connectivity index (χ0n) is 11.7. The van der Waals surface area contributed by atoms with Crippen molar-refractivity contribution in [1.82, 2.24) is 0 Å². The van der Waals surface area contributed by atoms with Crippen molar-refractivity contribution in [3.05, 3.63) is 65.2 Å². The third-order valence-corrected chi connectivity index (χ3v) is 3.38. The van der Waals surface area contributed by atoms with Crippen molar-refractivity contribution in [2.45, 2.75) is 6.92 Å². The van der Waals surface area contributed by atoms with E-state index in [1.807, 2.05) is 49.4 Å². The van der Waals surface area contributed by atoms with Crippen LogP contribution in [-0.2, 0) is 4.79 Å². The molecule has 2 rings (SSSR count). The summed E-state index contributed by atoms with van der Waals surface area (Å²) in [6, 6.07) is 15.3. The average Bonchev–Trinajstić information content (AvgIpc) is 2.49. The highest BCUT2D eigenvalue weighted by atomic mass is 35.5. The number of carbonyl (C=O) groups is 1. The molecule has 21 heavy (non-hydrogen) atoms. The maximum absolute atomic E-state index is 10.7. The summed E-state index contributed by atoms with van der Waals surface area (Å²) in [5, 5.41) is 9.41. The smallest absolute Gasteiger partial charge is 0.328 e. The second-order valence-electron chi connectivity index (χ2n) is 4.43. The summed E-state index contributed by atoms with van der Waals surface area (Å²) in [5.74, 6) is -0.983. The van der Waals surface area contributed by atoms with Gasteiger partial charge in [-0.25, -0.2) is 4.79 Å². The van der Waals surface area contributed by atoms with Gasteiger partial charge in [-0.1, -0.05) is 41.9 Å². The fraction of sp³-hybridized carbons (Fsp3) is 0.118. The predicted octanol–water partition coefficient (Wildman–Crippen LogP) is 4.60.